The van der Waals surface area contributed by atoms with Crippen molar-refractivity contribution >= 4 is 5.69 Å². The van der Waals surface area contributed by atoms with E-state index >= 15 is 0 Å². The Labute approximate surface area is 104 Å². The molecule has 1 aromatic rings. The molecule has 0 saturated carbocycles. The van der Waals surface area contributed by atoms with E-state index in [1.165, 1.54) is 6.07 Å². The maximum atomic E-state index is 13.2. The monoisotopic (exact) mass is 238 g/mol. The number of nitrogens with two attached hydrogens (primary N) is 1. The zero-order valence-corrected chi connectivity index (χ0v) is 10.8. The first-order valence-electron chi connectivity index (χ1n) is 6.45. The molecule has 0 spiro atoms. The highest BCUT2D eigenvalue weighted by Gasteiger charge is 2.15. The fourth-order valence-corrected chi connectivity index (χ4v) is 2.15. The van der Waals surface area contributed by atoms with Gasteiger partial charge in [-0.2, -0.15) is 0 Å². The van der Waals surface area contributed by atoms with Gasteiger partial charge in [-0.3, -0.25) is 0 Å². The third-order valence-electron chi connectivity index (χ3n) is 3.08. The van der Waals surface area contributed by atoms with E-state index in [1.807, 2.05) is 6.07 Å². The van der Waals surface area contributed by atoms with Crippen molar-refractivity contribution < 1.29 is 4.39 Å². The van der Waals surface area contributed by atoms with Crippen LogP contribution in [0.15, 0.2) is 24.3 Å². The van der Waals surface area contributed by atoms with Crippen LogP contribution >= 0.6 is 0 Å². The van der Waals surface area contributed by atoms with Crippen molar-refractivity contribution in [2.45, 2.75) is 39.2 Å². The van der Waals surface area contributed by atoms with E-state index in [0.29, 0.717) is 12.6 Å². The largest absolute Gasteiger partial charge is 0.367 e. The van der Waals surface area contributed by atoms with Crippen LogP contribution in [0.1, 0.15) is 33.1 Å². The molecule has 0 fully saturated rings. The number of hydrogen-bond donors (Lipinski definition) is 1. The van der Waals surface area contributed by atoms with Crippen molar-refractivity contribution in [1.82, 2.24) is 0 Å². The lowest BCUT2D eigenvalue weighted by molar-refractivity contribution is 0.538. The molecule has 0 aromatic heterocycles. The van der Waals surface area contributed by atoms with Gasteiger partial charge in [0.1, 0.15) is 5.82 Å². The van der Waals surface area contributed by atoms with Crippen molar-refractivity contribution in [2.24, 2.45) is 5.73 Å². The Balaban J connectivity index is 2.81. The maximum Gasteiger partial charge on any atom is 0.125 e. The van der Waals surface area contributed by atoms with E-state index in [-0.39, 0.29) is 5.82 Å². The minimum Gasteiger partial charge on any atom is -0.367 e. The van der Waals surface area contributed by atoms with Crippen LogP contribution in [-0.2, 0) is 0 Å². The van der Waals surface area contributed by atoms with Crippen molar-refractivity contribution in [3.8, 4) is 0 Å². The Morgan fingerprint density at radius 2 is 2.12 bits per heavy atom. The molecule has 3 heteroatoms. The molecule has 1 unspecified atom stereocenters. The minimum absolute atomic E-state index is 0.188. The summed E-state index contributed by atoms with van der Waals surface area (Å²) in [6.07, 6.45) is 3.39. The number of halogens is 1. The van der Waals surface area contributed by atoms with Gasteiger partial charge in [0.25, 0.3) is 0 Å². The van der Waals surface area contributed by atoms with E-state index in [9.17, 15) is 4.39 Å². The molecule has 0 aliphatic carbocycles. The van der Waals surface area contributed by atoms with E-state index in [4.69, 9.17) is 5.73 Å². The third kappa shape index (κ3) is 4.00. The Morgan fingerprint density at radius 3 is 2.65 bits per heavy atom. The van der Waals surface area contributed by atoms with Crippen molar-refractivity contribution in [2.75, 3.05) is 18.0 Å². The van der Waals surface area contributed by atoms with Crippen molar-refractivity contribution in [3.63, 3.8) is 0 Å². The molecule has 0 saturated heterocycles. The van der Waals surface area contributed by atoms with Crippen LogP contribution < -0.4 is 10.6 Å². The lowest BCUT2D eigenvalue weighted by atomic mass is 10.1. The van der Waals surface area contributed by atoms with Crippen LogP contribution in [0.5, 0.6) is 0 Å². The van der Waals surface area contributed by atoms with Gasteiger partial charge in [-0.1, -0.05) is 25.8 Å². The molecule has 0 heterocycles. The van der Waals surface area contributed by atoms with Crippen molar-refractivity contribution in [1.29, 1.82) is 0 Å². The van der Waals surface area contributed by atoms with Gasteiger partial charge in [-0.15, -0.1) is 0 Å². The quantitative estimate of drug-likeness (QED) is 0.790. The molecule has 17 heavy (non-hydrogen) atoms. The second-order valence-corrected chi connectivity index (χ2v) is 4.30. The fraction of sp³-hybridized carbons (Fsp3) is 0.571. The summed E-state index contributed by atoms with van der Waals surface area (Å²) in [5, 5.41) is 0. The van der Waals surface area contributed by atoms with Gasteiger partial charge in [-0.25, -0.2) is 4.39 Å². The van der Waals surface area contributed by atoms with Crippen LogP contribution in [-0.4, -0.2) is 19.1 Å². The number of unbranched alkanes of at least 4 members (excludes halogenated alkanes) is 1. The molecule has 0 aliphatic heterocycles. The number of anilines is 1. The number of rotatable bonds is 7. The molecule has 2 nitrogen and oxygen atoms in total. The molecule has 96 valence electrons. The highest BCUT2D eigenvalue weighted by Crippen LogP contribution is 2.20. The van der Waals surface area contributed by atoms with Gasteiger partial charge in [-0.05, 0) is 31.5 Å². The van der Waals surface area contributed by atoms with Crippen LogP contribution in [0, 0.1) is 5.82 Å². The molecule has 2 N–H and O–H groups in total. The normalized spacial score (nSPS) is 12.5. The SMILES string of the molecule is CCCCC(CN)N(CC)c1cccc(F)c1. The smallest absolute Gasteiger partial charge is 0.125 e. The topological polar surface area (TPSA) is 29.3 Å². The molecule has 0 bridgehead atoms. The molecule has 0 aliphatic rings. The number of hydrogen-bond acceptors (Lipinski definition) is 2. The Hall–Kier alpha value is -1.09. The van der Waals surface area contributed by atoms with Gasteiger partial charge in [0.15, 0.2) is 0 Å². The second kappa shape index (κ2) is 7.28. The van der Waals surface area contributed by atoms with E-state index in [1.54, 1.807) is 12.1 Å². The molecule has 1 rings (SSSR count). The number of nitrogens with zero attached hydrogens (tertiary/aromatic N) is 1. The number of benzene rings is 1. The zero-order valence-electron chi connectivity index (χ0n) is 10.8. The van der Waals surface area contributed by atoms with Crippen LogP contribution in [0.4, 0.5) is 10.1 Å². The lowest BCUT2D eigenvalue weighted by Gasteiger charge is -2.32. The van der Waals surface area contributed by atoms with Gasteiger partial charge >= 0.3 is 0 Å². The van der Waals surface area contributed by atoms with Crippen molar-refractivity contribution in [3.05, 3.63) is 30.1 Å². The zero-order chi connectivity index (χ0) is 12.7. The van der Waals surface area contributed by atoms with Gasteiger partial charge < -0.3 is 10.6 Å². The van der Waals surface area contributed by atoms with E-state index in [2.05, 4.69) is 18.7 Å². The standard InChI is InChI=1S/C14H23FN2/c1-3-5-8-14(11-16)17(4-2)13-9-6-7-12(15)10-13/h6-7,9-10,14H,3-5,8,11,16H2,1-2H3. The average molecular weight is 238 g/mol. The summed E-state index contributed by atoms with van der Waals surface area (Å²) >= 11 is 0. The Bertz CT molecular complexity index is 328. The molecular formula is C14H23FN2. The summed E-state index contributed by atoms with van der Waals surface area (Å²) in [5.41, 5.74) is 6.76. The van der Waals surface area contributed by atoms with Gasteiger partial charge in [0, 0.05) is 24.8 Å². The second-order valence-electron chi connectivity index (χ2n) is 4.30. The summed E-state index contributed by atoms with van der Waals surface area (Å²) < 4.78 is 13.2. The molecule has 0 radical (unpaired) electrons. The predicted octanol–water partition coefficient (Wildman–Crippen LogP) is 3.17. The molecule has 1 atom stereocenters. The summed E-state index contributed by atoms with van der Waals surface area (Å²) in [4.78, 5) is 2.19. The van der Waals surface area contributed by atoms with Gasteiger partial charge in [0.2, 0.25) is 0 Å². The first-order chi connectivity index (χ1) is 8.22. The lowest BCUT2D eigenvalue weighted by Crippen LogP contribution is -2.40. The molecular weight excluding hydrogens is 215 g/mol. The van der Waals surface area contributed by atoms with Crippen LogP contribution in [0.25, 0.3) is 0 Å². The third-order valence-corrected chi connectivity index (χ3v) is 3.08. The first kappa shape index (κ1) is 14.0. The molecule has 1 aromatic carbocycles. The molecule has 0 amide bonds. The first-order valence-corrected chi connectivity index (χ1v) is 6.45. The average Bonchev–Trinajstić information content (AvgIpc) is 2.34. The van der Waals surface area contributed by atoms with E-state index < -0.39 is 0 Å². The van der Waals surface area contributed by atoms with E-state index in [0.717, 1.165) is 31.5 Å². The highest BCUT2D eigenvalue weighted by molar-refractivity contribution is 5.47. The van der Waals surface area contributed by atoms with Gasteiger partial charge in [0.05, 0.1) is 0 Å². The predicted molar refractivity (Wildman–Crippen MR) is 71.8 cm³/mol. The minimum atomic E-state index is -0.188. The highest BCUT2D eigenvalue weighted by atomic mass is 19.1. The Morgan fingerprint density at radius 1 is 1.35 bits per heavy atom. The number of likely N-dealkylation sites (N-methyl/N-ethyl adjacent to an activating group) is 1. The van der Waals surface area contributed by atoms with Crippen LogP contribution in [0.3, 0.4) is 0 Å². The summed E-state index contributed by atoms with van der Waals surface area (Å²) in [5.74, 6) is -0.188. The summed E-state index contributed by atoms with van der Waals surface area (Å²) in [7, 11) is 0. The Kier molecular flexibility index (Phi) is 5.98. The van der Waals surface area contributed by atoms with Crippen LogP contribution in [0.2, 0.25) is 0 Å². The maximum absolute atomic E-state index is 13.2. The fourth-order valence-electron chi connectivity index (χ4n) is 2.15. The summed E-state index contributed by atoms with van der Waals surface area (Å²) in [6, 6.07) is 7.06. The summed E-state index contributed by atoms with van der Waals surface area (Å²) in [6.45, 7) is 5.73.